The van der Waals surface area contributed by atoms with Crippen LogP contribution in [0.5, 0.6) is 5.75 Å². The van der Waals surface area contributed by atoms with Crippen LogP contribution >= 0.6 is 22.6 Å². The normalized spacial score (nSPS) is 33.0. The van der Waals surface area contributed by atoms with Crippen molar-refractivity contribution < 1.29 is 37.4 Å². The number of fused-ring (bicyclic) bond motifs is 1. The maximum atomic E-state index is 13.3. The van der Waals surface area contributed by atoms with Crippen LogP contribution in [0.1, 0.15) is 18.9 Å². The molecule has 28 heavy (non-hydrogen) atoms. The molecule has 4 rings (SSSR count). The zero-order valence-corrected chi connectivity index (χ0v) is 17.1. The number of para-hydroxylation sites is 1. The fraction of sp³-hybridized carbons (Fsp3) is 0.526. The highest BCUT2D eigenvalue weighted by Crippen LogP contribution is 2.59. The lowest BCUT2D eigenvalue weighted by Crippen LogP contribution is -2.46. The molecule has 1 heterocycles. The highest BCUT2D eigenvalue weighted by molar-refractivity contribution is 14.1. The number of benzene rings is 1. The Morgan fingerprint density at radius 2 is 2.00 bits per heavy atom. The van der Waals surface area contributed by atoms with Gasteiger partial charge in [0.15, 0.2) is 0 Å². The van der Waals surface area contributed by atoms with Gasteiger partial charge < -0.3 is 14.2 Å². The number of hydrogen-bond acceptors (Lipinski definition) is 6. The zero-order chi connectivity index (χ0) is 20.4. The number of alkyl halides is 2. The Morgan fingerprint density at radius 1 is 1.29 bits per heavy atom. The predicted octanol–water partition coefficient (Wildman–Crippen LogP) is 2.88. The van der Waals surface area contributed by atoms with E-state index in [4.69, 9.17) is 14.2 Å². The third-order valence-electron chi connectivity index (χ3n) is 5.79. The van der Waals surface area contributed by atoms with Gasteiger partial charge in [0.2, 0.25) is 0 Å². The van der Waals surface area contributed by atoms with Crippen LogP contribution in [0.2, 0.25) is 0 Å². The van der Waals surface area contributed by atoms with Crippen molar-refractivity contribution in [3.63, 3.8) is 0 Å². The monoisotopic (exact) mass is 506 g/mol. The van der Waals surface area contributed by atoms with E-state index < -0.39 is 53.8 Å². The number of aryl methyl sites for hydroxylation is 1. The van der Waals surface area contributed by atoms with Crippen molar-refractivity contribution in [2.24, 2.45) is 23.7 Å². The van der Waals surface area contributed by atoms with Crippen LogP contribution in [0.25, 0.3) is 0 Å². The third-order valence-corrected chi connectivity index (χ3v) is 6.64. The van der Waals surface area contributed by atoms with Crippen LogP contribution in [0.4, 0.5) is 8.78 Å². The summed E-state index contributed by atoms with van der Waals surface area (Å²) in [5, 5.41) is 0. The summed E-state index contributed by atoms with van der Waals surface area (Å²) in [7, 11) is 0. The molecule has 6 nitrogen and oxygen atoms in total. The van der Waals surface area contributed by atoms with Gasteiger partial charge in [-0.15, -0.1) is 0 Å². The van der Waals surface area contributed by atoms with E-state index in [2.05, 4.69) is 0 Å². The molecular weight excluding hydrogens is 489 g/mol. The fourth-order valence-electron chi connectivity index (χ4n) is 4.61. The van der Waals surface area contributed by atoms with E-state index in [0.717, 1.165) is 9.13 Å². The zero-order valence-electron chi connectivity index (χ0n) is 15.0. The second kappa shape index (κ2) is 6.64. The molecule has 2 aliphatic carbocycles. The molecule has 9 heteroatoms. The SMILES string of the molecule is Cc1cccc(I)c1OC(=O)C1C2CC3C(OC(=O)C31)C2OC(=O)C(C)(F)F. The summed E-state index contributed by atoms with van der Waals surface area (Å²) in [4.78, 5) is 36.9. The van der Waals surface area contributed by atoms with E-state index in [1.54, 1.807) is 19.1 Å². The molecule has 1 aromatic carbocycles. The molecule has 3 fully saturated rings. The minimum Gasteiger partial charge on any atom is -0.458 e. The van der Waals surface area contributed by atoms with Crippen molar-refractivity contribution in [3.8, 4) is 5.75 Å². The van der Waals surface area contributed by atoms with E-state index in [9.17, 15) is 23.2 Å². The standard InChI is InChI=1S/C19H17F2IO6/c1-7-4-3-5-10(22)13(7)26-16(23)12-9-6-8-11(12)17(24)27-14(8)15(9)28-18(25)19(2,20)21/h3-5,8-9,11-12,14-15H,6H2,1-2H3. The van der Waals surface area contributed by atoms with Crippen LogP contribution in [0.15, 0.2) is 18.2 Å². The molecule has 0 radical (unpaired) electrons. The Labute approximate surface area is 173 Å². The van der Waals surface area contributed by atoms with Crippen molar-refractivity contribution in [2.45, 2.75) is 38.4 Å². The average Bonchev–Trinajstić information content (AvgIpc) is 3.20. The third kappa shape index (κ3) is 2.98. The lowest BCUT2D eigenvalue weighted by Gasteiger charge is -2.30. The Kier molecular flexibility index (Phi) is 4.63. The van der Waals surface area contributed by atoms with Crippen LogP contribution < -0.4 is 4.74 Å². The first-order chi connectivity index (χ1) is 13.1. The Bertz CT molecular complexity index is 846. The summed E-state index contributed by atoms with van der Waals surface area (Å²) in [6.45, 7) is 2.23. The van der Waals surface area contributed by atoms with E-state index >= 15 is 0 Å². The van der Waals surface area contributed by atoms with Crippen LogP contribution in [-0.4, -0.2) is 36.0 Å². The average molecular weight is 506 g/mol. The Balaban J connectivity index is 1.60. The molecule has 1 aromatic rings. The summed E-state index contributed by atoms with van der Waals surface area (Å²) in [6, 6.07) is 5.40. The Morgan fingerprint density at radius 3 is 2.64 bits per heavy atom. The molecule has 6 atom stereocenters. The van der Waals surface area contributed by atoms with Crippen LogP contribution in [0, 0.1) is 34.2 Å². The molecule has 6 unspecified atom stereocenters. The van der Waals surface area contributed by atoms with Crippen molar-refractivity contribution in [2.75, 3.05) is 0 Å². The van der Waals surface area contributed by atoms with Crippen molar-refractivity contribution in [1.82, 2.24) is 0 Å². The first-order valence-electron chi connectivity index (χ1n) is 8.86. The molecule has 1 saturated heterocycles. The first kappa shape index (κ1) is 19.5. The summed E-state index contributed by atoms with van der Waals surface area (Å²) >= 11 is 2.04. The number of halogens is 3. The number of esters is 3. The largest absolute Gasteiger partial charge is 0.458 e. The second-order valence-corrected chi connectivity index (χ2v) is 8.74. The van der Waals surface area contributed by atoms with Gasteiger partial charge in [-0.3, -0.25) is 9.59 Å². The number of ether oxygens (including phenoxy) is 3. The molecule has 0 aromatic heterocycles. The van der Waals surface area contributed by atoms with Gasteiger partial charge >= 0.3 is 23.8 Å². The van der Waals surface area contributed by atoms with Gasteiger partial charge in [-0.25, -0.2) is 4.79 Å². The number of carbonyl (C=O) groups excluding carboxylic acids is 3. The highest BCUT2D eigenvalue weighted by Gasteiger charge is 2.70. The minimum absolute atomic E-state index is 0.339. The number of carbonyl (C=O) groups is 3. The van der Waals surface area contributed by atoms with Gasteiger partial charge in [-0.2, -0.15) is 8.78 Å². The van der Waals surface area contributed by atoms with Gasteiger partial charge in [-0.05, 0) is 47.6 Å². The molecule has 2 bridgehead atoms. The van der Waals surface area contributed by atoms with E-state index in [0.29, 0.717) is 19.1 Å². The van der Waals surface area contributed by atoms with Crippen LogP contribution in [-0.2, 0) is 23.9 Å². The maximum Gasteiger partial charge on any atom is 0.377 e. The van der Waals surface area contributed by atoms with Gasteiger partial charge in [0.1, 0.15) is 18.0 Å². The molecule has 0 N–H and O–H groups in total. The molecular formula is C19H17F2IO6. The molecule has 0 spiro atoms. The highest BCUT2D eigenvalue weighted by atomic mass is 127. The molecule has 2 saturated carbocycles. The summed E-state index contributed by atoms with van der Waals surface area (Å²) in [5.74, 6) is -8.68. The summed E-state index contributed by atoms with van der Waals surface area (Å²) in [5.41, 5.74) is 0.754. The molecule has 0 amide bonds. The quantitative estimate of drug-likeness (QED) is 0.355. The minimum atomic E-state index is -3.67. The number of hydrogen-bond donors (Lipinski definition) is 0. The molecule has 150 valence electrons. The van der Waals surface area contributed by atoms with Crippen molar-refractivity contribution in [1.29, 1.82) is 0 Å². The Hall–Kier alpha value is -1.78. The lowest BCUT2D eigenvalue weighted by molar-refractivity contribution is -0.185. The van der Waals surface area contributed by atoms with Gasteiger partial charge in [0.25, 0.3) is 0 Å². The van der Waals surface area contributed by atoms with Crippen molar-refractivity contribution >= 4 is 40.5 Å². The smallest absolute Gasteiger partial charge is 0.377 e. The lowest BCUT2D eigenvalue weighted by atomic mass is 9.78. The van der Waals surface area contributed by atoms with E-state index in [1.807, 2.05) is 28.7 Å². The van der Waals surface area contributed by atoms with E-state index in [-0.39, 0.29) is 5.92 Å². The first-order valence-corrected chi connectivity index (χ1v) is 9.93. The van der Waals surface area contributed by atoms with Gasteiger partial charge in [-0.1, -0.05) is 12.1 Å². The van der Waals surface area contributed by atoms with E-state index in [1.165, 1.54) is 0 Å². The number of rotatable bonds is 4. The maximum absolute atomic E-state index is 13.3. The fourth-order valence-corrected chi connectivity index (χ4v) is 5.35. The topological polar surface area (TPSA) is 78.9 Å². The van der Waals surface area contributed by atoms with Crippen LogP contribution in [0.3, 0.4) is 0 Å². The predicted molar refractivity (Wildman–Crippen MR) is 98.5 cm³/mol. The summed E-state index contributed by atoms with van der Waals surface area (Å²) in [6.07, 6.45) is -1.46. The second-order valence-electron chi connectivity index (χ2n) is 7.58. The van der Waals surface area contributed by atoms with Gasteiger partial charge in [0.05, 0.1) is 15.4 Å². The summed E-state index contributed by atoms with van der Waals surface area (Å²) < 4.78 is 43.2. The van der Waals surface area contributed by atoms with Crippen molar-refractivity contribution in [3.05, 3.63) is 27.3 Å². The molecule has 3 aliphatic rings. The van der Waals surface area contributed by atoms with Gasteiger partial charge in [0, 0.05) is 18.8 Å². The molecule has 1 aliphatic heterocycles.